The maximum absolute atomic E-state index is 12.7. The van der Waals surface area contributed by atoms with Crippen molar-refractivity contribution in [2.45, 2.75) is 11.7 Å². The van der Waals surface area contributed by atoms with Crippen LogP contribution in [0.5, 0.6) is 5.75 Å². The SMILES string of the molecule is C=CCn1c(SCC(=O)NNC(=O)c2cc(Cl)ccc2OC)nc2ccccc2c1=O. The van der Waals surface area contributed by atoms with Crippen molar-refractivity contribution in [2.75, 3.05) is 12.9 Å². The largest absolute Gasteiger partial charge is 0.496 e. The van der Waals surface area contributed by atoms with Crippen LogP contribution < -0.4 is 21.1 Å². The Morgan fingerprint density at radius 2 is 2.03 bits per heavy atom. The van der Waals surface area contributed by atoms with E-state index in [4.69, 9.17) is 16.3 Å². The monoisotopic (exact) mass is 458 g/mol. The predicted molar refractivity (Wildman–Crippen MR) is 121 cm³/mol. The summed E-state index contributed by atoms with van der Waals surface area (Å²) < 4.78 is 6.58. The zero-order valence-electron chi connectivity index (χ0n) is 16.6. The van der Waals surface area contributed by atoms with E-state index in [0.717, 1.165) is 11.8 Å². The number of methoxy groups -OCH3 is 1. The van der Waals surface area contributed by atoms with Crippen molar-refractivity contribution in [1.29, 1.82) is 0 Å². The summed E-state index contributed by atoms with van der Waals surface area (Å²) in [5.41, 5.74) is 5.16. The number of para-hydroxylation sites is 1. The number of benzene rings is 2. The van der Waals surface area contributed by atoms with Crippen LogP contribution in [0.4, 0.5) is 0 Å². The molecule has 2 N–H and O–H groups in total. The Hall–Kier alpha value is -3.30. The molecule has 3 aromatic rings. The first kappa shape index (κ1) is 22.4. The van der Waals surface area contributed by atoms with Crippen LogP contribution in [0, 0.1) is 0 Å². The highest BCUT2D eigenvalue weighted by Crippen LogP contribution is 2.22. The van der Waals surface area contributed by atoms with Crippen molar-refractivity contribution < 1.29 is 14.3 Å². The van der Waals surface area contributed by atoms with Crippen molar-refractivity contribution in [3.63, 3.8) is 0 Å². The van der Waals surface area contributed by atoms with Crippen molar-refractivity contribution in [2.24, 2.45) is 0 Å². The molecule has 8 nitrogen and oxygen atoms in total. The fourth-order valence-corrected chi connectivity index (χ4v) is 3.75. The van der Waals surface area contributed by atoms with E-state index in [1.165, 1.54) is 17.7 Å². The quantitative estimate of drug-likeness (QED) is 0.244. The molecule has 0 fully saturated rings. The number of carbonyl (C=O) groups excluding carboxylic acids is 2. The third kappa shape index (κ3) is 5.25. The first-order valence-corrected chi connectivity index (χ1v) is 10.5. The Balaban J connectivity index is 1.68. The van der Waals surface area contributed by atoms with Crippen molar-refractivity contribution in [1.82, 2.24) is 20.4 Å². The Bertz CT molecular complexity index is 1210. The van der Waals surface area contributed by atoms with Gasteiger partial charge in [-0.05, 0) is 30.3 Å². The molecule has 0 aliphatic carbocycles. The zero-order chi connectivity index (χ0) is 22.4. The first-order valence-electron chi connectivity index (χ1n) is 9.10. The Morgan fingerprint density at radius 1 is 1.26 bits per heavy atom. The maximum Gasteiger partial charge on any atom is 0.273 e. The van der Waals surface area contributed by atoms with Gasteiger partial charge in [-0.25, -0.2) is 4.98 Å². The number of hydrogen-bond donors (Lipinski definition) is 2. The van der Waals surface area contributed by atoms with Gasteiger partial charge in [0.05, 0.1) is 29.3 Å². The molecule has 0 spiro atoms. The number of rotatable bonds is 7. The second-order valence-corrected chi connectivity index (χ2v) is 7.63. The number of aromatic nitrogens is 2. The fourth-order valence-electron chi connectivity index (χ4n) is 2.77. The van der Waals surface area contributed by atoms with Gasteiger partial charge in [-0.15, -0.1) is 6.58 Å². The van der Waals surface area contributed by atoms with Crippen LogP contribution in [0.3, 0.4) is 0 Å². The molecule has 0 atom stereocenters. The molecule has 0 saturated heterocycles. The molecule has 0 unspecified atom stereocenters. The summed E-state index contributed by atoms with van der Waals surface area (Å²) in [6.45, 7) is 3.92. The van der Waals surface area contributed by atoms with Crippen LogP contribution >= 0.6 is 23.4 Å². The molecule has 2 amide bonds. The minimum atomic E-state index is -0.579. The number of ether oxygens (including phenoxy) is 1. The molecule has 1 heterocycles. The molecule has 0 saturated carbocycles. The number of nitrogens with one attached hydrogen (secondary N) is 2. The first-order chi connectivity index (χ1) is 14.9. The van der Waals surface area contributed by atoms with Crippen LogP contribution in [0.25, 0.3) is 10.9 Å². The van der Waals surface area contributed by atoms with Gasteiger partial charge in [-0.2, -0.15) is 0 Å². The van der Waals surface area contributed by atoms with Gasteiger partial charge < -0.3 is 4.74 Å². The van der Waals surface area contributed by atoms with Gasteiger partial charge in [-0.1, -0.05) is 41.6 Å². The molecule has 0 radical (unpaired) electrons. The molecular formula is C21H19ClN4O4S. The van der Waals surface area contributed by atoms with E-state index in [1.54, 1.807) is 42.5 Å². The lowest BCUT2D eigenvalue weighted by molar-refractivity contribution is -0.119. The van der Waals surface area contributed by atoms with E-state index in [1.807, 2.05) is 0 Å². The van der Waals surface area contributed by atoms with Crippen LogP contribution in [-0.2, 0) is 11.3 Å². The predicted octanol–water partition coefficient (Wildman–Crippen LogP) is 2.80. The number of amides is 2. The fraction of sp³-hybridized carbons (Fsp3) is 0.143. The van der Waals surface area contributed by atoms with Gasteiger partial charge in [0.2, 0.25) is 5.91 Å². The van der Waals surface area contributed by atoms with Crippen LogP contribution in [-0.4, -0.2) is 34.2 Å². The second kappa shape index (κ2) is 10.1. The summed E-state index contributed by atoms with van der Waals surface area (Å²) in [5.74, 6) is -0.814. The van der Waals surface area contributed by atoms with E-state index in [-0.39, 0.29) is 23.4 Å². The molecule has 0 aliphatic rings. The minimum absolute atomic E-state index is 0.0745. The number of allylic oxidation sites excluding steroid dienone is 1. The lowest BCUT2D eigenvalue weighted by Gasteiger charge is -2.12. The van der Waals surface area contributed by atoms with Crippen LogP contribution in [0.15, 0.2) is 65.1 Å². The summed E-state index contributed by atoms with van der Waals surface area (Å²) in [6.07, 6.45) is 1.58. The van der Waals surface area contributed by atoms with Crippen molar-refractivity contribution in [3.8, 4) is 5.75 Å². The van der Waals surface area contributed by atoms with Gasteiger partial charge in [0.1, 0.15) is 5.75 Å². The highest BCUT2D eigenvalue weighted by Gasteiger charge is 2.15. The van der Waals surface area contributed by atoms with Gasteiger partial charge in [0.25, 0.3) is 11.5 Å². The number of hydrazine groups is 1. The minimum Gasteiger partial charge on any atom is -0.496 e. The summed E-state index contributed by atoms with van der Waals surface area (Å²) in [7, 11) is 1.43. The van der Waals surface area contributed by atoms with Gasteiger partial charge in [0, 0.05) is 11.6 Å². The summed E-state index contributed by atoms with van der Waals surface area (Å²) in [4.78, 5) is 41.8. The zero-order valence-corrected chi connectivity index (χ0v) is 18.1. The Labute approximate surface area is 187 Å². The molecule has 160 valence electrons. The average molecular weight is 459 g/mol. The molecule has 2 aromatic carbocycles. The van der Waals surface area contributed by atoms with Gasteiger partial charge in [-0.3, -0.25) is 29.8 Å². The standard InChI is InChI=1S/C21H19ClN4O4S/c1-3-10-26-20(29)14-6-4-5-7-16(14)23-21(26)31-12-18(27)24-25-19(28)15-11-13(22)8-9-17(15)30-2/h3-9,11H,1,10,12H2,2H3,(H,24,27)(H,25,28). The van der Waals surface area contributed by atoms with Crippen LogP contribution in [0.2, 0.25) is 5.02 Å². The van der Waals surface area contributed by atoms with Crippen LogP contribution in [0.1, 0.15) is 10.4 Å². The molecule has 0 bridgehead atoms. The lowest BCUT2D eigenvalue weighted by atomic mass is 10.2. The number of fused-ring (bicyclic) bond motifs is 1. The lowest BCUT2D eigenvalue weighted by Crippen LogP contribution is -2.42. The Kier molecular flexibility index (Phi) is 7.32. The number of halogens is 1. The molecule has 1 aromatic heterocycles. The summed E-state index contributed by atoms with van der Waals surface area (Å²) in [6, 6.07) is 11.6. The van der Waals surface area contributed by atoms with E-state index in [2.05, 4.69) is 22.4 Å². The molecule has 0 aliphatic heterocycles. The smallest absolute Gasteiger partial charge is 0.273 e. The third-order valence-corrected chi connectivity index (χ3v) is 5.40. The molecular weight excluding hydrogens is 440 g/mol. The second-order valence-electron chi connectivity index (χ2n) is 6.25. The topological polar surface area (TPSA) is 102 Å². The third-order valence-electron chi connectivity index (χ3n) is 4.19. The average Bonchev–Trinajstić information content (AvgIpc) is 2.78. The number of hydrogen-bond acceptors (Lipinski definition) is 6. The summed E-state index contributed by atoms with van der Waals surface area (Å²) in [5, 5.41) is 1.22. The number of thioether (sulfide) groups is 1. The highest BCUT2D eigenvalue weighted by atomic mass is 35.5. The van der Waals surface area contributed by atoms with Crippen molar-refractivity contribution in [3.05, 3.63) is 76.1 Å². The number of nitrogens with zero attached hydrogens (tertiary/aromatic N) is 2. The van der Waals surface area contributed by atoms with E-state index < -0.39 is 11.8 Å². The van der Waals surface area contributed by atoms with Gasteiger partial charge >= 0.3 is 0 Å². The van der Waals surface area contributed by atoms with Gasteiger partial charge in [0.15, 0.2) is 5.16 Å². The molecule has 3 rings (SSSR count). The molecule has 31 heavy (non-hydrogen) atoms. The van der Waals surface area contributed by atoms with Crippen molar-refractivity contribution >= 4 is 46.1 Å². The molecule has 10 heteroatoms. The Morgan fingerprint density at radius 3 is 2.77 bits per heavy atom. The maximum atomic E-state index is 12.7. The summed E-state index contributed by atoms with van der Waals surface area (Å²) >= 11 is 7.00. The number of carbonyl (C=O) groups is 2. The van der Waals surface area contributed by atoms with E-state index >= 15 is 0 Å². The normalized spacial score (nSPS) is 10.5. The van der Waals surface area contributed by atoms with E-state index in [0.29, 0.717) is 26.8 Å². The highest BCUT2D eigenvalue weighted by molar-refractivity contribution is 7.99. The van der Waals surface area contributed by atoms with E-state index in [9.17, 15) is 14.4 Å².